The van der Waals surface area contributed by atoms with Crippen molar-refractivity contribution in [2.45, 2.75) is 47.1 Å². The summed E-state index contributed by atoms with van der Waals surface area (Å²) in [4.78, 5) is 11.9. The first-order valence-electron chi connectivity index (χ1n) is 5.56. The van der Waals surface area contributed by atoms with Crippen LogP contribution < -0.4 is 0 Å². The molecular weight excluding hydrogens is 188 g/mol. The molecule has 2 atom stereocenters. The van der Waals surface area contributed by atoms with Crippen molar-refractivity contribution < 1.29 is 9.53 Å². The van der Waals surface area contributed by atoms with E-state index in [9.17, 15) is 4.79 Å². The maximum atomic E-state index is 11.9. The van der Waals surface area contributed by atoms with Gasteiger partial charge < -0.3 is 4.74 Å². The highest BCUT2D eigenvalue weighted by molar-refractivity contribution is 5.78. The number of carbonyl (C=O) groups excluding carboxylic acids is 1. The largest absolute Gasteiger partial charge is 0.460 e. The third kappa shape index (κ3) is 2.61. The molecule has 0 aromatic heterocycles. The molecule has 86 valence electrons. The van der Waals surface area contributed by atoms with Gasteiger partial charge in [-0.2, -0.15) is 0 Å². The Morgan fingerprint density at radius 2 is 1.87 bits per heavy atom. The van der Waals surface area contributed by atoms with Crippen LogP contribution in [0.15, 0.2) is 12.2 Å². The first-order chi connectivity index (χ1) is 6.70. The Bertz CT molecular complexity index is 281. The van der Waals surface area contributed by atoms with Crippen molar-refractivity contribution in [2.75, 3.05) is 0 Å². The average molecular weight is 210 g/mol. The van der Waals surface area contributed by atoms with E-state index in [2.05, 4.69) is 19.9 Å². The van der Waals surface area contributed by atoms with Gasteiger partial charge in [-0.05, 0) is 39.0 Å². The molecule has 0 aliphatic heterocycles. The fourth-order valence-electron chi connectivity index (χ4n) is 2.06. The molecule has 0 saturated heterocycles. The molecule has 0 aromatic carbocycles. The van der Waals surface area contributed by atoms with Gasteiger partial charge in [-0.1, -0.05) is 26.0 Å². The minimum absolute atomic E-state index is 0.0351. The molecule has 2 heteroatoms. The SMILES string of the molecule is CC=CC1C(C(=O)OC(C)(C)C)C1(C)C. The number of ether oxygens (including phenoxy) is 1. The van der Waals surface area contributed by atoms with Gasteiger partial charge in [-0.15, -0.1) is 0 Å². The summed E-state index contributed by atoms with van der Waals surface area (Å²) in [6.07, 6.45) is 4.12. The van der Waals surface area contributed by atoms with Crippen LogP contribution >= 0.6 is 0 Å². The Morgan fingerprint density at radius 3 is 2.27 bits per heavy atom. The van der Waals surface area contributed by atoms with E-state index in [-0.39, 0.29) is 22.9 Å². The summed E-state index contributed by atoms with van der Waals surface area (Å²) in [5, 5.41) is 0. The summed E-state index contributed by atoms with van der Waals surface area (Å²) >= 11 is 0. The summed E-state index contributed by atoms with van der Waals surface area (Å²) in [5.74, 6) is 0.320. The zero-order chi connectivity index (χ0) is 11.9. The lowest BCUT2D eigenvalue weighted by Crippen LogP contribution is -2.26. The van der Waals surface area contributed by atoms with E-state index in [0.717, 1.165) is 0 Å². The number of rotatable bonds is 2. The smallest absolute Gasteiger partial charge is 0.310 e. The highest BCUT2D eigenvalue weighted by atomic mass is 16.6. The van der Waals surface area contributed by atoms with Gasteiger partial charge in [0.15, 0.2) is 0 Å². The van der Waals surface area contributed by atoms with E-state index < -0.39 is 0 Å². The first kappa shape index (κ1) is 12.3. The normalized spacial score (nSPS) is 29.2. The molecule has 0 N–H and O–H groups in total. The molecule has 15 heavy (non-hydrogen) atoms. The number of carbonyl (C=O) groups is 1. The second-order valence-corrected chi connectivity index (χ2v) is 5.88. The molecule has 0 spiro atoms. The molecule has 1 saturated carbocycles. The minimum Gasteiger partial charge on any atom is -0.460 e. The lowest BCUT2D eigenvalue weighted by atomic mass is 10.1. The van der Waals surface area contributed by atoms with E-state index >= 15 is 0 Å². The van der Waals surface area contributed by atoms with Crippen molar-refractivity contribution in [1.29, 1.82) is 0 Å². The number of esters is 1. The van der Waals surface area contributed by atoms with Crippen LogP contribution in [0.1, 0.15) is 41.5 Å². The zero-order valence-electron chi connectivity index (χ0n) is 10.6. The van der Waals surface area contributed by atoms with Gasteiger partial charge in [0.1, 0.15) is 5.60 Å². The van der Waals surface area contributed by atoms with Gasteiger partial charge in [0.25, 0.3) is 0 Å². The van der Waals surface area contributed by atoms with E-state index in [4.69, 9.17) is 4.74 Å². The average Bonchev–Trinajstić information content (AvgIpc) is 2.50. The Morgan fingerprint density at radius 1 is 1.33 bits per heavy atom. The van der Waals surface area contributed by atoms with Crippen molar-refractivity contribution in [2.24, 2.45) is 17.3 Å². The predicted octanol–water partition coefficient (Wildman–Crippen LogP) is 3.18. The van der Waals surface area contributed by atoms with Crippen molar-refractivity contribution in [1.82, 2.24) is 0 Å². The summed E-state index contributed by atoms with van der Waals surface area (Å²) in [6, 6.07) is 0. The maximum Gasteiger partial charge on any atom is 0.310 e. The fraction of sp³-hybridized carbons (Fsp3) is 0.769. The van der Waals surface area contributed by atoms with Gasteiger partial charge in [-0.25, -0.2) is 0 Å². The Hall–Kier alpha value is -0.790. The van der Waals surface area contributed by atoms with E-state index in [1.54, 1.807) is 0 Å². The van der Waals surface area contributed by atoms with E-state index in [0.29, 0.717) is 5.92 Å². The monoisotopic (exact) mass is 210 g/mol. The molecule has 0 amide bonds. The highest BCUT2D eigenvalue weighted by Crippen LogP contribution is 2.59. The topological polar surface area (TPSA) is 26.3 Å². The van der Waals surface area contributed by atoms with Crippen molar-refractivity contribution in [3.05, 3.63) is 12.2 Å². The van der Waals surface area contributed by atoms with Gasteiger partial charge >= 0.3 is 5.97 Å². The quantitative estimate of drug-likeness (QED) is 0.517. The van der Waals surface area contributed by atoms with Crippen molar-refractivity contribution >= 4 is 5.97 Å². The van der Waals surface area contributed by atoms with Crippen LogP contribution in [0.2, 0.25) is 0 Å². The Kier molecular flexibility index (Phi) is 2.99. The second kappa shape index (κ2) is 3.66. The molecule has 0 bridgehead atoms. The summed E-state index contributed by atoms with van der Waals surface area (Å²) in [6.45, 7) is 11.9. The van der Waals surface area contributed by atoms with Crippen LogP contribution in [0, 0.1) is 17.3 Å². The molecule has 1 rings (SSSR count). The number of hydrogen-bond donors (Lipinski definition) is 0. The molecule has 0 heterocycles. The maximum absolute atomic E-state index is 11.9. The Balaban J connectivity index is 2.64. The Labute approximate surface area is 92.7 Å². The van der Waals surface area contributed by atoms with Crippen LogP contribution in [0.3, 0.4) is 0 Å². The molecule has 2 nitrogen and oxygen atoms in total. The molecule has 1 aliphatic carbocycles. The van der Waals surface area contributed by atoms with E-state index in [1.807, 2.05) is 33.8 Å². The van der Waals surface area contributed by atoms with Crippen LogP contribution in [0.4, 0.5) is 0 Å². The molecule has 2 unspecified atom stereocenters. The molecule has 1 fully saturated rings. The molecule has 0 aromatic rings. The van der Waals surface area contributed by atoms with Gasteiger partial charge in [0.2, 0.25) is 0 Å². The third-order valence-electron chi connectivity index (χ3n) is 2.97. The second-order valence-electron chi connectivity index (χ2n) is 5.88. The summed E-state index contributed by atoms with van der Waals surface area (Å²) in [7, 11) is 0. The fourth-order valence-corrected chi connectivity index (χ4v) is 2.06. The lowest BCUT2D eigenvalue weighted by molar-refractivity contribution is -0.157. The van der Waals surface area contributed by atoms with Gasteiger partial charge in [0.05, 0.1) is 5.92 Å². The van der Waals surface area contributed by atoms with Crippen LogP contribution in [0.25, 0.3) is 0 Å². The van der Waals surface area contributed by atoms with E-state index in [1.165, 1.54) is 0 Å². The number of allylic oxidation sites excluding steroid dienone is 2. The summed E-state index contributed by atoms with van der Waals surface area (Å²) in [5.41, 5.74) is -0.314. The molecule has 0 radical (unpaired) electrons. The van der Waals surface area contributed by atoms with Gasteiger partial charge in [-0.3, -0.25) is 4.79 Å². The van der Waals surface area contributed by atoms with Crippen LogP contribution in [-0.2, 0) is 9.53 Å². The lowest BCUT2D eigenvalue weighted by Gasteiger charge is -2.19. The van der Waals surface area contributed by atoms with Gasteiger partial charge in [0, 0.05) is 0 Å². The third-order valence-corrected chi connectivity index (χ3v) is 2.97. The van der Waals surface area contributed by atoms with Crippen LogP contribution in [0.5, 0.6) is 0 Å². The first-order valence-corrected chi connectivity index (χ1v) is 5.56. The number of hydrogen-bond acceptors (Lipinski definition) is 2. The zero-order valence-corrected chi connectivity index (χ0v) is 10.6. The van der Waals surface area contributed by atoms with Crippen LogP contribution in [-0.4, -0.2) is 11.6 Å². The standard InChI is InChI=1S/C13H22O2/c1-7-8-9-10(13(9,5)6)11(14)15-12(2,3)4/h7-10H,1-6H3. The minimum atomic E-state index is -0.379. The molecular formula is C13H22O2. The summed E-state index contributed by atoms with van der Waals surface area (Å²) < 4.78 is 5.40. The van der Waals surface area contributed by atoms with Crippen molar-refractivity contribution in [3.63, 3.8) is 0 Å². The van der Waals surface area contributed by atoms with Crippen molar-refractivity contribution in [3.8, 4) is 0 Å². The molecule has 1 aliphatic rings. The highest BCUT2D eigenvalue weighted by Gasteiger charge is 2.61. The predicted molar refractivity (Wildman–Crippen MR) is 61.4 cm³/mol.